The molecule has 1 unspecified atom stereocenters. The van der Waals surface area contributed by atoms with E-state index < -0.39 is 0 Å². The molecule has 1 N–H and O–H groups in total. The normalized spacial score (nSPS) is 19.0. The minimum absolute atomic E-state index is 0. The molecule has 0 aromatic heterocycles. The van der Waals surface area contributed by atoms with Crippen molar-refractivity contribution in [3.05, 3.63) is 29.8 Å². The van der Waals surface area contributed by atoms with Crippen LogP contribution in [-0.2, 0) is 4.79 Å². The number of nitrogens with zero attached hydrogens (tertiary/aromatic N) is 1. The van der Waals surface area contributed by atoms with Gasteiger partial charge in [0, 0.05) is 31.6 Å². The first-order valence-electron chi connectivity index (χ1n) is 5.24. The largest absolute Gasteiger partial charge is 0.319 e. The summed E-state index contributed by atoms with van der Waals surface area (Å²) in [6.45, 7) is 0.858. The summed E-state index contributed by atoms with van der Waals surface area (Å²) in [5.74, 6) is 0.517. The van der Waals surface area contributed by atoms with Crippen molar-refractivity contribution < 1.29 is 4.79 Å². The number of nitrogens with one attached hydrogen (secondary N) is 1. The Bertz CT molecular complexity index is 381. The van der Waals surface area contributed by atoms with E-state index in [1.807, 2.05) is 32.3 Å². The lowest BCUT2D eigenvalue weighted by Crippen LogP contribution is -2.35. The summed E-state index contributed by atoms with van der Waals surface area (Å²) in [4.78, 5) is 13.5. The second-order valence-corrected chi connectivity index (χ2v) is 3.97. The van der Waals surface area contributed by atoms with Crippen LogP contribution < -0.4 is 10.2 Å². The number of halogens is 1. The second-order valence-electron chi connectivity index (χ2n) is 3.97. The lowest BCUT2D eigenvalue weighted by atomic mass is 9.89. The molecule has 1 aromatic carbocycles. The molecule has 1 aromatic rings. The number of fused-ring (bicyclic) bond motifs is 1. The highest BCUT2D eigenvalue weighted by molar-refractivity contribution is 5.96. The van der Waals surface area contributed by atoms with Crippen molar-refractivity contribution in [3.63, 3.8) is 0 Å². The third-order valence-corrected chi connectivity index (χ3v) is 2.98. The Morgan fingerprint density at radius 2 is 2.12 bits per heavy atom. The fourth-order valence-corrected chi connectivity index (χ4v) is 2.16. The van der Waals surface area contributed by atoms with E-state index in [9.17, 15) is 4.79 Å². The van der Waals surface area contributed by atoms with Crippen LogP contribution in [0.15, 0.2) is 24.3 Å². The number of benzene rings is 1. The van der Waals surface area contributed by atoms with Crippen LogP contribution in [0, 0.1) is 0 Å². The molecule has 0 radical (unpaired) electrons. The van der Waals surface area contributed by atoms with Crippen LogP contribution in [0.25, 0.3) is 0 Å². The predicted molar refractivity (Wildman–Crippen MR) is 68.4 cm³/mol. The van der Waals surface area contributed by atoms with Gasteiger partial charge in [-0.3, -0.25) is 4.79 Å². The molecule has 0 saturated heterocycles. The van der Waals surface area contributed by atoms with Gasteiger partial charge in [0.05, 0.1) is 0 Å². The summed E-state index contributed by atoms with van der Waals surface area (Å²) in [6, 6.07) is 8.13. The highest BCUT2D eigenvalue weighted by Gasteiger charge is 2.27. The molecule has 0 spiro atoms. The molecule has 0 fully saturated rings. The van der Waals surface area contributed by atoms with Crippen LogP contribution in [0.2, 0.25) is 0 Å². The van der Waals surface area contributed by atoms with Crippen molar-refractivity contribution >= 4 is 24.0 Å². The second kappa shape index (κ2) is 5.32. The topological polar surface area (TPSA) is 32.3 Å². The Labute approximate surface area is 102 Å². The van der Waals surface area contributed by atoms with Gasteiger partial charge >= 0.3 is 0 Å². The highest BCUT2D eigenvalue weighted by atomic mass is 35.5. The number of carbonyl (C=O) groups excluding carboxylic acids is 1. The first-order chi connectivity index (χ1) is 7.24. The fraction of sp³-hybridized carbons (Fsp3) is 0.417. The van der Waals surface area contributed by atoms with Crippen molar-refractivity contribution in [3.8, 4) is 0 Å². The van der Waals surface area contributed by atoms with Crippen LogP contribution in [-0.4, -0.2) is 26.5 Å². The summed E-state index contributed by atoms with van der Waals surface area (Å²) >= 11 is 0. The number of para-hydroxylation sites is 1. The molecule has 1 heterocycles. The van der Waals surface area contributed by atoms with Gasteiger partial charge in [0.15, 0.2) is 0 Å². The molecule has 1 aliphatic heterocycles. The van der Waals surface area contributed by atoms with Crippen LogP contribution in [0.1, 0.15) is 17.9 Å². The molecular formula is C12H17ClN2O. The van der Waals surface area contributed by atoms with E-state index in [1.54, 1.807) is 4.90 Å². The SMILES string of the molecule is CNCC1CC(=O)N(C)c2ccccc21.Cl. The zero-order valence-electron chi connectivity index (χ0n) is 9.56. The molecular weight excluding hydrogens is 224 g/mol. The molecule has 88 valence electrons. The van der Waals surface area contributed by atoms with Gasteiger partial charge in [-0.05, 0) is 18.7 Å². The average molecular weight is 241 g/mol. The van der Waals surface area contributed by atoms with Crippen molar-refractivity contribution in [2.24, 2.45) is 0 Å². The lowest BCUT2D eigenvalue weighted by molar-refractivity contribution is -0.119. The van der Waals surface area contributed by atoms with Gasteiger partial charge in [0.1, 0.15) is 0 Å². The van der Waals surface area contributed by atoms with E-state index >= 15 is 0 Å². The van der Waals surface area contributed by atoms with Gasteiger partial charge < -0.3 is 10.2 Å². The fourth-order valence-electron chi connectivity index (χ4n) is 2.16. The van der Waals surface area contributed by atoms with E-state index in [0.717, 1.165) is 12.2 Å². The van der Waals surface area contributed by atoms with Gasteiger partial charge in [-0.25, -0.2) is 0 Å². The number of anilines is 1. The third kappa shape index (κ3) is 2.20. The molecule has 1 aliphatic rings. The van der Waals surface area contributed by atoms with Crippen molar-refractivity contribution in [1.29, 1.82) is 0 Å². The van der Waals surface area contributed by atoms with E-state index in [1.165, 1.54) is 5.56 Å². The van der Waals surface area contributed by atoms with Crippen LogP contribution in [0.3, 0.4) is 0 Å². The quantitative estimate of drug-likeness (QED) is 0.855. The summed E-state index contributed by atoms with van der Waals surface area (Å²) in [7, 11) is 3.77. The molecule has 0 bridgehead atoms. The molecule has 1 amide bonds. The minimum atomic E-state index is 0. The Balaban J connectivity index is 0.00000128. The van der Waals surface area contributed by atoms with Crippen LogP contribution >= 0.6 is 12.4 Å². The van der Waals surface area contributed by atoms with Gasteiger partial charge in [0.2, 0.25) is 5.91 Å². The summed E-state index contributed by atoms with van der Waals surface area (Å²) < 4.78 is 0. The van der Waals surface area contributed by atoms with Gasteiger partial charge in [-0.15, -0.1) is 12.4 Å². The number of carbonyl (C=O) groups is 1. The predicted octanol–water partition coefficient (Wildman–Crippen LogP) is 1.78. The molecule has 3 nitrogen and oxygen atoms in total. The van der Waals surface area contributed by atoms with Gasteiger partial charge in [-0.2, -0.15) is 0 Å². The Morgan fingerprint density at radius 1 is 1.44 bits per heavy atom. The summed E-state index contributed by atoms with van der Waals surface area (Å²) in [6.07, 6.45) is 0.606. The molecule has 4 heteroatoms. The van der Waals surface area contributed by atoms with Gasteiger partial charge in [-0.1, -0.05) is 18.2 Å². The molecule has 2 rings (SSSR count). The monoisotopic (exact) mass is 240 g/mol. The van der Waals surface area contributed by atoms with E-state index in [4.69, 9.17) is 0 Å². The lowest BCUT2D eigenvalue weighted by Gasteiger charge is -2.31. The van der Waals surface area contributed by atoms with E-state index in [2.05, 4.69) is 11.4 Å². The minimum Gasteiger partial charge on any atom is -0.319 e. The van der Waals surface area contributed by atoms with E-state index in [-0.39, 0.29) is 18.3 Å². The smallest absolute Gasteiger partial charge is 0.227 e. The Kier molecular flexibility index (Phi) is 4.33. The zero-order chi connectivity index (χ0) is 10.8. The molecule has 0 aliphatic carbocycles. The van der Waals surface area contributed by atoms with Crippen molar-refractivity contribution in [2.45, 2.75) is 12.3 Å². The maximum absolute atomic E-state index is 11.7. The first kappa shape index (κ1) is 13.0. The third-order valence-electron chi connectivity index (χ3n) is 2.98. The number of amides is 1. The van der Waals surface area contributed by atoms with Crippen molar-refractivity contribution in [1.82, 2.24) is 5.32 Å². The molecule has 0 saturated carbocycles. The summed E-state index contributed by atoms with van der Waals surface area (Å²) in [5.41, 5.74) is 2.32. The number of rotatable bonds is 2. The van der Waals surface area contributed by atoms with Crippen LogP contribution in [0.4, 0.5) is 5.69 Å². The molecule has 16 heavy (non-hydrogen) atoms. The maximum atomic E-state index is 11.7. The van der Waals surface area contributed by atoms with Gasteiger partial charge in [0.25, 0.3) is 0 Å². The van der Waals surface area contributed by atoms with Crippen molar-refractivity contribution in [2.75, 3.05) is 25.5 Å². The summed E-state index contributed by atoms with van der Waals surface area (Å²) in [5, 5.41) is 3.14. The number of hydrogen-bond acceptors (Lipinski definition) is 2. The Hall–Kier alpha value is -1.06. The Morgan fingerprint density at radius 3 is 2.81 bits per heavy atom. The van der Waals surface area contributed by atoms with E-state index in [0.29, 0.717) is 12.3 Å². The average Bonchev–Trinajstić information content (AvgIpc) is 2.26. The number of hydrogen-bond donors (Lipinski definition) is 1. The number of likely N-dealkylation sites (N-methyl/N-ethyl adjacent to an activating group) is 1. The molecule has 1 atom stereocenters. The maximum Gasteiger partial charge on any atom is 0.227 e. The zero-order valence-corrected chi connectivity index (χ0v) is 10.4. The standard InChI is InChI=1S/C12H16N2O.ClH/c1-13-8-9-7-12(15)14(2)11-6-4-3-5-10(9)11;/h3-6,9,13H,7-8H2,1-2H3;1H. The van der Waals surface area contributed by atoms with Crippen LogP contribution in [0.5, 0.6) is 0 Å². The first-order valence-corrected chi connectivity index (χ1v) is 5.24. The highest BCUT2D eigenvalue weighted by Crippen LogP contribution is 2.34.